The van der Waals surface area contributed by atoms with Crippen LogP contribution < -0.4 is 16.8 Å². The van der Waals surface area contributed by atoms with Gasteiger partial charge in [-0.25, -0.2) is 0 Å². The zero-order valence-corrected chi connectivity index (χ0v) is 8.94. The number of benzene rings is 1. The van der Waals surface area contributed by atoms with Gasteiger partial charge in [0, 0.05) is 17.4 Å². The second-order valence-corrected chi connectivity index (χ2v) is 3.95. The third kappa shape index (κ3) is 2.16. The van der Waals surface area contributed by atoms with E-state index >= 15 is 0 Å². The Kier molecular flexibility index (Phi) is 2.81. The molecule has 1 aromatic carbocycles. The van der Waals surface area contributed by atoms with E-state index in [0.29, 0.717) is 17.3 Å². The standard InChI is InChI=1S/C12H15N3O/c13-8-5-6-10(12(14)16)11(7-8)15-9-3-1-2-4-9/h1-2,5-7,9,15H,3-4,13H2,(H2,14,16). The highest BCUT2D eigenvalue weighted by Gasteiger charge is 2.14. The van der Waals surface area contributed by atoms with Gasteiger partial charge in [-0.15, -0.1) is 0 Å². The lowest BCUT2D eigenvalue weighted by Gasteiger charge is -2.16. The Bertz CT molecular complexity index is 432. The predicted octanol–water partition coefficient (Wildman–Crippen LogP) is 1.50. The summed E-state index contributed by atoms with van der Waals surface area (Å²) in [5.41, 5.74) is 12.8. The first-order valence-corrected chi connectivity index (χ1v) is 5.27. The molecule has 84 valence electrons. The summed E-state index contributed by atoms with van der Waals surface area (Å²) in [6.07, 6.45) is 6.17. The summed E-state index contributed by atoms with van der Waals surface area (Å²) in [6.45, 7) is 0. The molecule has 0 heterocycles. The maximum absolute atomic E-state index is 11.2. The molecule has 0 saturated carbocycles. The number of anilines is 2. The molecule has 0 spiro atoms. The maximum Gasteiger partial charge on any atom is 0.250 e. The van der Waals surface area contributed by atoms with E-state index in [4.69, 9.17) is 11.5 Å². The van der Waals surface area contributed by atoms with Crippen LogP contribution in [0.4, 0.5) is 11.4 Å². The van der Waals surface area contributed by atoms with Gasteiger partial charge in [-0.2, -0.15) is 0 Å². The minimum Gasteiger partial charge on any atom is -0.399 e. The average molecular weight is 217 g/mol. The van der Waals surface area contributed by atoms with Gasteiger partial charge in [0.05, 0.1) is 5.56 Å². The minimum atomic E-state index is -0.437. The van der Waals surface area contributed by atoms with Crippen LogP contribution in [0.1, 0.15) is 23.2 Å². The molecule has 0 aromatic heterocycles. The van der Waals surface area contributed by atoms with Gasteiger partial charge in [-0.1, -0.05) is 12.2 Å². The van der Waals surface area contributed by atoms with Gasteiger partial charge in [0.25, 0.3) is 5.91 Å². The van der Waals surface area contributed by atoms with Gasteiger partial charge in [-0.3, -0.25) is 4.79 Å². The fourth-order valence-electron chi connectivity index (χ4n) is 1.85. The first-order chi connectivity index (χ1) is 7.66. The summed E-state index contributed by atoms with van der Waals surface area (Å²) < 4.78 is 0. The number of amides is 1. The zero-order valence-electron chi connectivity index (χ0n) is 8.94. The number of hydrogen-bond donors (Lipinski definition) is 3. The predicted molar refractivity (Wildman–Crippen MR) is 65.2 cm³/mol. The Morgan fingerprint density at radius 2 is 2.00 bits per heavy atom. The number of carbonyl (C=O) groups excluding carboxylic acids is 1. The molecule has 0 bridgehead atoms. The molecule has 1 aliphatic rings. The van der Waals surface area contributed by atoms with Crippen LogP contribution >= 0.6 is 0 Å². The molecule has 5 N–H and O–H groups in total. The topological polar surface area (TPSA) is 81.1 Å². The number of hydrogen-bond acceptors (Lipinski definition) is 3. The van der Waals surface area contributed by atoms with Crippen LogP contribution in [-0.2, 0) is 0 Å². The minimum absolute atomic E-state index is 0.333. The van der Waals surface area contributed by atoms with E-state index in [2.05, 4.69) is 17.5 Å². The lowest BCUT2D eigenvalue weighted by Crippen LogP contribution is -2.20. The SMILES string of the molecule is NC(=O)c1ccc(N)cc1NC1CC=CC1. The van der Waals surface area contributed by atoms with Crippen LogP contribution in [0.15, 0.2) is 30.4 Å². The van der Waals surface area contributed by atoms with Crippen molar-refractivity contribution in [3.8, 4) is 0 Å². The molecule has 1 amide bonds. The number of nitrogens with one attached hydrogen (secondary N) is 1. The maximum atomic E-state index is 11.2. The summed E-state index contributed by atoms with van der Waals surface area (Å²) in [6, 6.07) is 5.42. The molecule has 1 aliphatic carbocycles. The van der Waals surface area contributed by atoms with Gasteiger partial charge in [0.2, 0.25) is 0 Å². The van der Waals surface area contributed by atoms with Crippen molar-refractivity contribution >= 4 is 17.3 Å². The lowest BCUT2D eigenvalue weighted by atomic mass is 10.1. The van der Waals surface area contributed by atoms with Crippen molar-refractivity contribution in [2.75, 3.05) is 11.1 Å². The van der Waals surface area contributed by atoms with Crippen LogP contribution in [0.3, 0.4) is 0 Å². The quantitative estimate of drug-likeness (QED) is 0.530. The van der Waals surface area contributed by atoms with Crippen molar-refractivity contribution in [2.24, 2.45) is 5.73 Å². The first kappa shape index (κ1) is 10.5. The Morgan fingerprint density at radius 1 is 1.31 bits per heavy atom. The fourth-order valence-corrected chi connectivity index (χ4v) is 1.85. The summed E-state index contributed by atoms with van der Waals surface area (Å²) in [7, 11) is 0. The largest absolute Gasteiger partial charge is 0.399 e. The number of nitrogens with two attached hydrogens (primary N) is 2. The van der Waals surface area contributed by atoms with Crippen LogP contribution in [0, 0.1) is 0 Å². The number of primary amides is 1. The molecule has 16 heavy (non-hydrogen) atoms. The number of rotatable bonds is 3. The van der Waals surface area contributed by atoms with E-state index in [1.807, 2.05) is 0 Å². The fraction of sp³-hybridized carbons (Fsp3) is 0.250. The van der Waals surface area contributed by atoms with Gasteiger partial charge in [-0.05, 0) is 31.0 Å². The molecule has 0 fully saturated rings. The van der Waals surface area contributed by atoms with E-state index in [9.17, 15) is 4.79 Å². The normalized spacial score (nSPS) is 15.2. The van der Waals surface area contributed by atoms with E-state index in [0.717, 1.165) is 18.5 Å². The van der Waals surface area contributed by atoms with Gasteiger partial charge in [0.15, 0.2) is 0 Å². The molecule has 4 nitrogen and oxygen atoms in total. The van der Waals surface area contributed by atoms with Crippen LogP contribution in [0.2, 0.25) is 0 Å². The Hall–Kier alpha value is -1.97. The summed E-state index contributed by atoms with van der Waals surface area (Å²) >= 11 is 0. The van der Waals surface area contributed by atoms with Crippen LogP contribution in [-0.4, -0.2) is 11.9 Å². The third-order valence-electron chi connectivity index (χ3n) is 2.68. The monoisotopic (exact) mass is 217 g/mol. The second-order valence-electron chi connectivity index (χ2n) is 3.95. The molecule has 0 atom stereocenters. The molecular formula is C12H15N3O. The van der Waals surface area contributed by atoms with E-state index in [1.165, 1.54) is 0 Å². The zero-order chi connectivity index (χ0) is 11.5. The molecule has 2 rings (SSSR count). The average Bonchev–Trinajstić information content (AvgIpc) is 2.70. The molecule has 0 unspecified atom stereocenters. The van der Waals surface area contributed by atoms with Crippen molar-refractivity contribution in [1.29, 1.82) is 0 Å². The number of carbonyl (C=O) groups is 1. The van der Waals surface area contributed by atoms with Crippen molar-refractivity contribution in [3.63, 3.8) is 0 Å². The highest BCUT2D eigenvalue weighted by atomic mass is 16.1. The molecular weight excluding hydrogens is 202 g/mol. The molecule has 0 radical (unpaired) electrons. The molecule has 4 heteroatoms. The molecule has 0 saturated heterocycles. The van der Waals surface area contributed by atoms with E-state index in [1.54, 1.807) is 18.2 Å². The van der Waals surface area contributed by atoms with Crippen molar-refractivity contribution < 1.29 is 4.79 Å². The molecule has 0 aliphatic heterocycles. The van der Waals surface area contributed by atoms with Gasteiger partial charge >= 0.3 is 0 Å². The smallest absolute Gasteiger partial charge is 0.250 e. The van der Waals surface area contributed by atoms with Gasteiger partial charge < -0.3 is 16.8 Å². The highest BCUT2D eigenvalue weighted by Crippen LogP contribution is 2.23. The Balaban J connectivity index is 2.23. The van der Waals surface area contributed by atoms with Crippen molar-refractivity contribution in [3.05, 3.63) is 35.9 Å². The van der Waals surface area contributed by atoms with Gasteiger partial charge in [0.1, 0.15) is 0 Å². The Labute approximate surface area is 94.3 Å². The third-order valence-corrected chi connectivity index (χ3v) is 2.68. The summed E-state index contributed by atoms with van der Waals surface area (Å²) in [4.78, 5) is 11.2. The summed E-state index contributed by atoms with van der Waals surface area (Å²) in [5.74, 6) is -0.437. The van der Waals surface area contributed by atoms with Crippen molar-refractivity contribution in [1.82, 2.24) is 0 Å². The Morgan fingerprint density at radius 3 is 2.62 bits per heavy atom. The van der Waals surface area contributed by atoms with E-state index < -0.39 is 5.91 Å². The summed E-state index contributed by atoms with van der Waals surface area (Å²) in [5, 5.41) is 3.29. The highest BCUT2D eigenvalue weighted by molar-refractivity contribution is 5.99. The van der Waals surface area contributed by atoms with Crippen LogP contribution in [0.5, 0.6) is 0 Å². The first-order valence-electron chi connectivity index (χ1n) is 5.27. The second kappa shape index (κ2) is 4.26. The lowest BCUT2D eigenvalue weighted by molar-refractivity contribution is 0.100. The van der Waals surface area contributed by atoms with Crippen LogP contribution in [0.25, 0.3) is 0 Å². The van der Waals surface area contributed by atoms with E-state index in [-0.39, 0.29) is 0 Å². The number of nitrogen functional groups attached to an aromatic ring is 1. The van der Waals surface area contributed by atoms with Crippen molar-refractivity contribution in [2.45, 2.75) is 18.9 Å². The molecule has 1 aromatic rings.